The normalized spacial score (nSPS) is 13.3. The monoisotopic (exact) mass is 238 g/mol. The molecule has 0 bridgehead atoms. The highest BCUT2D eigenvalue weighted by atomic mass is 15.3. The van der Waals surface area contributed by atoms with Crippen molar-refractivity contribution < 1.29 is 0 Å². The molecule has 0 saturated carbocycles. The van der Waals surface area contributed by atoms with Gasteiger partial charge in [-0.15, -0.1) is 0 Å². The van der Waals surface area contributed by atoms with Crippen molar-refractivity contribution in [2.45, 2.75) is 52.5 Å². The summed E-state index contributed by atoms with van der Waals surface area (Å²) in [6.45, 7) is 6.60. The van der Waals surface area contributed by atoms with Crippen molar-refractivity contribution >= 4 is 0 Å². The van der Waals surface area contributed by atoms with Crippen LogP contribution in [0.4, 0.5) is 0 Å². The van der Waals surface area contributed by atoms with E-state index in [0.29, 0.717) is 0 Å². The van der Waals surface area contributed by atoms with Gasteiger partial charge < -0.3 is 0 Å². The Hall–Kier alpha value is -0.870. The number of rotatable bonds is 7. The molecule has 1 atom stereocenters. The zero-order chi connectivity index (χ0) is 12.8. The van der Waals surface area contributed by atoms with Crippen LogP contribution in [0.15, 0.2) is 6.07 Å². The van der Waals surface area contributed by atoms with E-state index in [1.54, 1.807) is 0 Å². The van der Waals surface area contributed by atoms with E-state index in [1.807, 2.05) is 11.7 Å². The average Bonchev–Trinajstić information content (AvgIpc) is 2.72. The highest BCUT2D eigenvalue weighted by molar-refractivity contribution is 5.14. The van der Waals surface area contributed by atoms with E-state index in [1.165, 1.54) is 18.5 Å². The van der Waals surface area contributed by atoms with Crippen LogP contribution in [0.1, 0.15) is 57.5 Å². The van der Waals surface area contributed by atoms with Crippen molar-refractivity contribution in [3.63, 3.8) is 0 Å². The minimum Gasteiger partial charge on any atom is -0.271 e. The quantitative estimate of drug-likeness (QED) is 0.566. The molecule has 17 heavy (non-hydrogen) atoms. The van der Waals surface area contributed by atoms with Crippen molar-refractivity contribution in [2.24, 2.45) is 18.8 Å². The summed E-state index contributed by atoms with van der Waals surface area (Å²) in [5.41, 5.74) is 5.26. The predicted molar refractivity (Wildman–Crippen MR) is 71.3 cm³/mol. The van der Waals surface area contributed by atoms with Crippen LogP contribution < -0.4 is 11.3 Å². The molecule has 0 aromatic carbocycles. The first-order valence-electron chi connectivity index (χ1n) is 6.65. The zero-order valence-corrected chi connectivity index (χ0v) is 11.5. The first-order chi connectivity index (χ1) is 8.15. The number of aromatic nitrogens is 2. The largest absolute Gasteiger partial charge is 0.271 e. The molecule has 98 valence electrons. The van der Waals surface area contributed by atoms with Crippen molar-refractivity contribution in [3.05, 3.63) is 17.5 Å². The molecule has 0 fully saturated rings. The van der Waals surface area contributed by atoms with Crippen molar-refractivity contribution in [2.75, 3.05) is 0 Å². The Bertz CT molecular complexity index is 328. The molecular formula is C13H26N4. The molecule has 0 aliphatic heterocycles. The maximum atomic E-state index is 5.69. The molecule has 1 rings (SSSR count). The minimum absolute atomic E-state index is 0.206. The van der Waals surface area contributed by atoms with Gasteiger partial charge in [0.15, 0.2) is 0 Å². The lowest BCUT2D eigenvalue weighted by atomic mass is 9.93. The van der Waals surface area contributed by atoms with E-state index < -0.39 is 0 Å². The average molecular weight is 238 g/mol. The van der Waals surface area contributed by atoms with E-state index in [0.717, 1.165) is 24.5 Å². The highest BCUT2D eigenvalue weighted by Crippen LogP contribution is 2.24. The number of nitrogens with zero attached hydrogens (tertiary/aromatic N) is 2. The second kappa shape index (κ2) is 6.77. The van der Waals surface area contributed by atoms with Gasteiger partial charge >= 0.3 is 0 Å². The summed E-state index contributed by atoms with van der Waals surface area (Å²) < 4.78 is 1.95. The Morgan fingerprint density at radius 1 is 1.35 bits per heavy atom. The standard InChI is InChI=1S/C13H26N4/c1-5-10(6-2)8-12(15-14)13-9-11(7-3)16-17(13)4/h9-10,12,15H,5-8,14H2,1-4H3. The Balaban J connectivity index is 2.81. The molecule has 0 amide bonds. The zero-order valence-electron chi connectivity index (χ0n) is 11.5. The van der Waals surface area contributed by atoms with Gasteiger partial charge in [0.05, 0.1) is 17.4 Å². The van der Waals surface area contributed by atoms with Gasteiger partial charge in [-0.1, -0.05) is 33.6 Å². The fourth-order valence-corrected chi connectivity index (χ4v) is 2.27. The molecule has 0 aliphatic rings. The number of nitrogens with two attached hydrogens (primary N) is 1. The van der Waals surface area contributed by atoms with Gasteiger partial charge in [-0.05, 0) is 24.8 Å². The van der Waals surface area contributed by atoms with Gasteiger partial charge in [-0.3, -0.25) is 16.0 Å². The van der Waals surface area contributed by atoms with Crippen LogP contribution >= 0.6 is 0 Å². The highest BCUT2D eigenvalue weighted by Gasteiger charge is 2.18. The Morgan fingerprint density at radius 2 is 2.00 bits per heavy atom. The second-order valence-corrected chi connectivity index (χ2v) is 4.68. The molecule has 0 aliphatic carbocycles. The van der Waals surface area contributed by atoms with E-state index >= 15 is 0 Å². The van der Waals surface area contributed by atoms with Gasteiger partial charge in [0.2, 0.25) is 0 Å². The fourth-order valence-electron chi connectivity index (χ4n) is 2.27. The summed E-state index contributed by atoms with van der Waals surface area (Å²) in [4.78, 5) is 0. The third-order valence-electron chi connectivity index (χ3n) is 3.61. The molecule has 0 saturated heterocycles. The fraction of sp³-hybridized carbons (Fsp3) is 0.769. The lowest BCUT2D eigenvalue weighted by molar-refractivity contribution is 0.363. The second-order valence-electron chi connectivity index (χ2n) is 4.68. The Kier molecular flexibility index (Phi) is 5.65. The van der Waals surface area contributed by atoms with Crippen LogP contribution in [-0.2, 0) is 13.5 Å². The third-order valence-corrected chi connectivity index (χ3v) is 3.61. The number of hydrazine groups is 1. The van der Waals surface area contributed by atoms with Crippen LogP contribution in [0.25, 0.3) is 0 Å². The van der Waals surface area contributed by atoms with Gasteiger partial charge in [0.25, 0.3) is 0 Å². The lowest BCUT2D eigenvalue weighted by Gasteiger charge is -2.21. The third kappa shape index (κ3) is 3.54. The minimum atomic E-state index is 0.206. The first-order valence-corrected chi connectivity index (χ1v) is 6.65. The molecule has 1 aromatic heterocycles. The van der Waals surface area contributed by atoms with Crippen molar-refractivity contribution in [3.8, 4) is 0 Å². The van der Waals surface area contributed by atoms with Crippen LogP contribution in [0.5, 0.6) is 0 Å². The number of nitrogens with one attached hydrogen (secondary N) is 1. The van der Waals surface area contributed by atoms with Gasteiger partial charge in [0, 0.05) is 7.05 Å². The molecular weight excluding hydrogens is 212 g/mol. The number of hydrogen-bond donors (Lipinski definition) is 2. The van der Waals surface area contributed by atoms with Crippen LogP contribution in [0, 0.1) is 5.92 Å². The van der Waals surface area contributed by atoms with E-state index in [9.17, 15) is 0 Å². The summed E-state index contributed by atoms with van der Waals surface area (Å²) in [7, 11) is 1.99. The Morgan fingerprint density at radius 3 is 2.41 bits per heavy atom. The maximum Gasteiger partial charge on any atom is 0.0631 e. The van der Waals surface area contributed by atoms with Crippen molar-refractivity contribution in [1.82, 2.24) is 15.2 Å². The van der Waals surface area contributed by atoms with Gasteiger partial charge in [0.1, 0.15) is 0 Å². The number of aryl methyl sites for hydroxylation is 2. The van der Waals surface area contributed by atoms with E-state index in [2.05, 4.69) is 37.4 Å². The molecule has 0 radical (unpaired) electrons. The molecule has 3 N–H and O–H groups in total. The van der Waals surface area contributed by atoms with Crippen LogP contribution in [-0.4, -0.2) is 9.78 Å². The maximum absolute atomic E-state index is 5.69. The summed E-state index contributed by atoms with van der Waals surface area (Å²) in [5, 5.41) is 4.48. The van der Waals surface area contributed by atoms with Crippen LogP contribution in [0.3, 0.4) is 0 Å². The molecule has 1 aromatic rings. The Labute approximate surface area is 105 Å². The summed E-state index contributed by atoms with van der Waals surface area (Å²) in [6, 6.07) is 2.37. The smallest absolute Gasteiger partial charge is 0.0631 e. The lowest BCUT2D eigenvalue weighted by Crippen LogP contribution is -2.31. The van der Waals surface area contributed by atoms with Crippen molar-refractivity contribution in [1.29, 1.82) is 0 Å². The molecule has 4 nitrogen and oxygen atoms in total. The van der Waals surface area contributed by atoms with Gasteiger partial charge in [-0.25, -0.2) is 0 Å². The summed E-state index contributed by atoms with van der Waals surface area (Å²) in [6.07, 6.45) is 4.45. The first kappa shape index (κ1) is 14.2. The predicted octanol–water partition coefficient (Wildman–Crippen LogP) is 2.31. The van der Waals surface area contributed by atoms with E-state index in [-0.39, 0.29) is 6.04 Å². The van der Waals surface area contributed by atoms with Crippen LogP contribution in [0.2, 0.25) is 0 Å². The summed E-state index contributed by atoms with van der Waals surface area (Å²) >= 11 is 0. The molecule has 4 heteroatoms. The van der Waals surface area contributed by atoms with Gasteiger partial charge in [-0.2, -0.15) is 5.10 Å². The topological polar surface area (TPSA) is 55.9 Å². The SMILES string of the molecule is CCc1cc(C(CC(CC)CC)NN)n(C)n1. The molecule has 1 unspecified atom stereocenters. The molecule has 0 spiro atoms. The number of hydrogen-bond acceptors (Lipinski definition) is 3. The van der Waals surface area contributed by atoms with E-state index in [4.69, 9.17) is 5.84 Å². The summed E-state index contributed by atoms with van der Waals surface area (Å²) in [5.74, 6) is 6.41. The molecule has 1 heterocycles.